The third-order valence-electron chi connectivity index (χ3n) is 1.99. The van der Waals surface area contributed by atoms with Crippen molar-refractivity contribution >= 4 is 21.6 Å². The highest BCUT2D eigenvalue weighted by Gasteiger charge is 2.05. The SMILES string of the molecule is COCCCNCC(C)SCCS(C)(=O)=O. The second kappa shape index (κ2) is 9.27. The van der Waals surface area contributed by atoms with Gasteiger partial charge >= 0.3 is 0 Å². The van der Waals surface area contributed by atoms with E-state index < -0.39 is 9.84 Å². The lowest BCUT2D eigenvalue weighted by molar-refractivity contribution is 0.194. The van der Waals surface area contributed by atoms with Gasteiger partial charge in [-0.15, -0.1) is 0 Å². The summed E-state index contributed by atoms with van der Waals surface area (Å²) in [6.07, 6.45) is 2.29. The Balaban J connectivity index is 3.34. The molecule has 1 unspecified atom stereocenters. The highest BCUT2D eigenvalue weighted by Crippen LogP contribution is 2.09. The topological polar surface area (TPSA) is 55.4 Å². The van der Waals surface area contributed by atoms with Crippen molar-refractivity contribution in [1.82, 2.24) is 5.32 Å². The molecule has 0 aromatic rings. The van der Waals surface area contributed by atoms with Gasteiger partial charge in [-0.3, -0.25) is 0 Å². The van der Waals surface area contributed by atoms with Crippen LogP contribution in [0.15, 0.2) is 0 Å². The minimum atomic E-state index is -2.81. The van der Waals surface area contributed by atoms with Gasteiger partial charge < -0.3 is 10.1 Å². The van der Waals surface area contributed by atoms with Crippen molar-refractivity contribution in [3.05, 3.63) is 0 Å². The van der Waals surface area contributed by atoms with Crippen LogP contribution in [0.4, 0.5) is 0 Å². The monoisotopic (exact) mass is 269 g/mol. The Kier molecular flexibility index (Phi) is 9.40. The maximum atomic E-state index is 10.9. The molecule has 1 N–H and O–H groups in total. The molecular formula is C10H23NO3S2. The first kappa shape index (κ1) is 16.2. The van der Waals surface area contributed by atoms with Crippen LogP contribution in [0, 0.1) is 0 Å². The molecule has 0 aromatic carbocycles. The second-order valence-electron chi connectivity index (χ2n) is 3.86. The maximum Gasteiger partial charge on any atom is 0.148 e. The maximum absolute atomic E-state index is 10.9. The summed E-state index contributed by atoms with van der Waals surface area (Å²) in [5.41, 5.74) is 0. The molecule has 0 amide bonds. The molecule has 4 nitrogen and oxygen atoms in total. The number of rotatable bonds is 10. The van der Waals surface area contributed by atoms with Crippen molar-refractivity contribution in [1.29, 1.82) is 0 Å². The van der Waals surface area contributed by atoms with Crippen LogP contribution in [-0.4, -0.2) is 58.2 Å². The van der Waals surface area contributed by atoms with E-state index in [1.807, 2.05) is 0 Å². The molecule has 6 heteroatoms. The molecule has 0 aliphatic heterocycles. The van der Waals surface area contributed by atoms with E-state index in [1.165, 1.54) is 6.26 Å². The van der Waals surface area contributed by atoms with Crippen LogP contribution in [0.1, 0.15) is 13.3 Å². The van der Waals surface area contributed by atoms with Crippen LogP contribution in [0.2, 0.25) is 0 Å². The molecule has 0 rings (SSSR count). The standard InChI is InChI=1S/C10H23NO3S2/c1-10(9-11-5-4-6-14-2)15-7-8-16(3,12)13/h10-11H,4-9H2,1-3H3. The van der Waals surface area contributed by atoms with E-state index in [2.05, 4.69) is 12.2 Å². The lowest BCUT2D eigenvalue weighted by Crippen LogP contribution is -2.25. The van der Waals surface area contributed by atoms with Crippen molar-refractivity contribution in [3.63, 3.8) is 0 Å². The van der Waals surface area contributed by atoms with Crippen LogP contribution in [0.5, 0.6) is 0 Å². The number of thioether (sulfide) groups is 1. The number of methoxy groups -OCH3 is 1. The molecule has 0 saturated heterocycles. The van der Waals surface area contributed by atoms with E-state index in [0.29, 0.717) is 11.0 Å². The van der Waals surface area contributed by atoms with Gasteiger partial charge in [0.15, 0.2) is 0 Å². The van der Waals surface area contributed by atoms with E-state index in [4.69, 9.17) is 4.74 Å². The number of ether oxygens (including phenoxy) is 1. The van der Waals surface area contributed by atoms with Gasteiger partial charge in [-0.1, -0.05) is 6.92 Å². The summed E-state index contributed by atoms with van der Waals surface area (Å²) < 4.78 is 26.7. The zero-order valence-electron chi connectivity index (χ0n) is 10.4. The van der Waals surface area contributed by atoms with E-state index >= 15 is 0 Å². The Morgan fingerprint density at radius 3 is 2.69 bits per heavy atom. The molecular weight excluding hydrogens is 246 g/mol. The van der Waals surface area contributed by atoms with Gasteiger partial charge in [-0.05, 0) is 13.0 Å². The zero-order chi connectivity index (χ0) is 12.4. The number of hydrogen-bond donors (Lipinski definition) is 1. The third kappa shape index (κ3) is 12.3. The Labute approximate surface area is 103 Å². The minimum absolute atomic E-state index is 0.270. The quantitative estimate of drug-likeness (QED) is 0.594. The molecule has 0 spiro atoms. The molecule has 0 saturated carbocycles. The van der Waals surface area contributed by atoms with Crippen molar-refractivity contribution in [2.75, 3.05) is 44.6 Å². The molecule has 98 valence electrons. The molecule has 0 heterocycles. The Bertz CT molecular complexity index is 255. The van der Waals surface area contributed by atoms with Crippen molar-refractivity contribution in [3.8, 4) is 0 Å². The molecule has 0 fully saturated rings. The molecule has 0 aliphatic carbocycles. The van der Waals surface area contributed by atoms with Crippen molar-refractivity contribution in [2.24, 2.45) is 0 Å². The van der Waals surface area contributed by atoms with E-state index in [0.717, 1.165) is 26.1 Å². The normalized spacial score (nSPS) is 13.9. The van der Waals surface area contributed by atoms with Crippen LogP contribution in [0.3, 0.4) is 0 Å². The van der Waals surface area contributed by atoms with E-state index in [9.17, 15) is 8.42 Å². The number of nitrogens with one attached hydrogen (secondary N) is 1. The summed E-state index contributed by atoms with van der Waals surface area (Å²) in [6, 6.07) is 0. The molecule has 0 bridgehead atoms. The highest BCUT2D eigenvalue weighted by atomic mass is 32.2. The average Bonchev–Trinajstić information content (AvgIpc) is 2.15. The third-order valence-corrected chi connectivity index (χ3v) is 4.37. The molecule has 1 atom stereocenters. The molecule has 16 heavy (non-hydrogen) atoms. The van der Waals surface area contributed by atoms with Crippen LogP contribution in [-0.2, 0) is 14.6 Å². The molecule has 0 radical (unpaired) electrons. The fraction of sp³-hybridized carbons (Fsp3) is 1.00. The largest absolute Gasteiger partial charge is 0.385 e. The van der Waals surface area contributed by atoms with E-state index in [1.54, 1.807) is 18.9 Å². The summed E-state index contributed by atoms with van der Waals surface area (Å²) in [5.74, 6) is 0.950. The fourth-order valence-corrected chi connectivity index (χ4v) is 3.34. The Morgan fingerprint density at radius 2 is 2.12 bits per heavy atom. The van der Waals surface area contributed by atoms with Crippen LogP contribution >= 0.6 is 11.8 Å². The summed E-state index contributed by atoms with van der Waals surface area (Å²) >= 11 is 1.69. The summed E-state index contributed by atoms with van der Waals surface area (Å²) in [6.45, 7) is 4.75. The summed E-state index contributed by atoms with van der Waals surface area (Å²) in [7, 11) is -1.11. The van der Waals surface area contributed by atoms with Gasteiger partial charge in [0.2, 0.25) is 0 Å². The second-order valence-corrected chi connectivity index (χ2v) is 7.67. The first-order valence-corrected chi connectivity index (χ1v) is 8.55. The summed E-state index contributed by atoms with van der Waals surface area (Å²) in [4.78, 5) is 0. The van der Waals surface area contributed by atoms with Crippen molar-refractivity contribution < 1.29 is 13.2 Å². The molecule has 0 aliphatic rings. The molecule has 0 aromatic heterocycles. The van der Waals surface area contributed by atoms with Gasteiger partial charge in [0.1, 0.15) is 9.84 Å². The number of hydrogen-bond acceptors (Lipinski definition) is 5. The fourth-order valence-electron chi connectivity index (χ4n) is 1.11. The van der Waals surface area contributed by atoms with Crippen molar-refractivity contribution in [2.45, 2.75) is 18.6 Å². The van der Waals surface area contributed by atoms with Gasteiger partial charge in [0.25, 0.3) is 0 Å². The van der Waals surface area contributed by atoms with Crippen LogP contribution in [0.25, 0.3) is 0 Å². The lowest BCUT2D eigenvalue weighted by atomic mass is 10.4. The van der Waals surface area contributed by atoms with Gasteiger partial charge in [-0.2, -0.15) is 11.8 Å². The average molecular weight is 269 g/mol. The number of sulfone groups is 1. The van der Waals surface area contributed by atoms with E-state index in [-0.39, 0.29) is 5.75 Å². The highest BCUT2D eigenvalue weighted by molar-refractivity contribution is 8.01. The first-order valence-electron chi connectivity index (χ1n) is 5.44. The lowest BCUT2D eigenvalue weighted by Gasteiger charge is -2.11. The zero-order valence-corrected chi connectivity index (χ0v) is 12.0. The van der Waals surface area contributed by atoms with Gasteiger partial charge in [0, 0.05) is 37.5 Å². The minimum Gasteiger partial charge on any atom is -0.385 e. The Hall–Kier alpha value is 0.220. The Morgan fingerprint density at radius 1 is 1.44 bits per heavy atom. The predicted molar refractivity (Wildman–Crippen MR) is 71.0 cm³/mol. The van der Waals surface area contributed by atoms with Crippen LogP contribution < -0.4 is 5.32 Å². The predicted octanol–water partition coefficient (Wildman–Crippen LogP) is 0.779. The van der Waals surface area contributed by atoms with Gasteiger partial charge in [0.05, 0.1) is 5.75 Å². The smallest absolute Gasteiger partial charge is 0.148 e. The van der Waals surface area contributed by atoms with Gasteiger partial charge in [-0.25, -0.2) is 8.42 Å². The first-order chi connectivity index (χ1) is 7.45. The summed E-state index contributed by atoms with van der Waals surface area (Å²) in [5, 5.41) is 3.77.